The molecule has 0 atom stereocenters. The van der Waals surface area contributed by atoms with E-state index in [1.165, 1.54) is 20.3 Å². The van der Waals surface area contributed by atoms with E-state index in [4.69, 9.17) is 4.98 Å². The predicted molar refractivity (Wildman–Crippen MR) is 112 cm³/mol. The van der Waals surface area contributed by atoms with Gasteiger partial charge in [-0.25, -0.2) is 4.79 Å². The molecule has 1 aliphatic heterocycles. The molecule has 0 fully saturated rings. The highest BCUT2D eigenvalue weighted by Crippen LogP contribution is 2.33. The number of benzene rings is 1. The highest BCUT2D eigenvalue weighted by Gasteiger charge is 2.29. The van der Waals surface area contributed by atoms with E-state index in [0.717, 1.165) is 37.4 Å². The lowest BCUT2D eigenvalue weighted by molar-refractivity contribution is 0.549. The van der Waals surface area contributed by atoms with Crippen LogP contribution in [0.3, 0.4) is 0 Å². The highest BCUT2D eigenvalue weighted by atomic mass is 16.2. The number of aryl methyl sites for hydroxylation is 3. The summed E-state index contributed by atoms with van der Waals surface area (Å²) >= 11 is 0. The van der Waals surface area contributed by atoms with Crippen LogP contribution in [0.1, 0.15) is 37.3 Å². The fourth-order valence-corrected chi connectivity index (χ4v) is 4.13. The summed E-state index contributed by atoms with van der Waals surface area (Å²) in [5.41, 5.74) is 3.96. The number of hydrogen-bond donors (Lipinski definition) is 0. The number of rotatable bonds is 5. The number of fused-ring (bicyclic) bond motifs is 3. The van der Waals surface area contributed by atoms with Gasteiger partial charge in [0.2, 0.25) is 5.95 Å². The van der Waals surface area contributed by atoms with Gasteiger partial charge in [-0.2, -0.15) is 4.98 Å². The molecule has 0 amide bonds. The van der Waals surface area contributed by atoms with E-state index < -0.39 is 0 Å². The van der Waals surface area contributed by atoms with Crippen molar-refractivity contribution in [2.45, 2.75) is 53.1 Å². The van der Waals surface area contributed by atoms with E-state index in [1.807, 2.05) is 4.57 Å². The normalized spacial score (nSPS) is 13.5. The minimum absolute atomic E-state index is 0.226. The Balaban J connectivity index is 1.87. The number of hydrogen-bond acceptors (Lipinski definition) is 4. The van der Waals surface area contributed by atoms with Crippen LogP contribution >= 0.6 is 0 Å². The first-order valence-corrected chi connectivity index (χ1v) is 9.99. The second kappa shape index (κ2) is 6.96. The summed E-state index contributed by atoms with van der Waals surface area (Å²) in [7, 11) is 1.70. The molecule has 148 valence electrons. The van der Waals surface area contributed by atoms with Gasteiger partial charge in [0.1, 0.15) is 0 Å². The molecule has 0 saturated carbocycles. The molecular formula is C21H27N5O2. The quantitative estimate of drug-likeness (QED) is 0.638. The zero-order chi connectivity index (χ0) is 20.0. The van der Waals surface area contributed by atoms with E-state index in [-0.39, 0.29) is 11.2 Å². The molecule has 28 heavy (non-hydrogen) atoms. The second-order valence-corrected chi connectivity index (χ2v) is 7.68. The molecule has 0 bridgehead atoms. The molecule has 3 aromatic rings. The number of unbranched alkanes of at least 4 members (excludes halogenated alkanes) is 2. The molecule has 2 aromatic heterocycles. The summed E-state index contributed by atoms with van der Waals surface area (Å²) < 4.78 is 4.84. The summed E-state index contributed by atoms with van der Waals surface area (Å²) in [5.74, 6) is 0.736. The van der Waals surface area contributed by atoms with Gasteiger partial charge >= 0.3 is 5.69 Å². The Morgan fingerprint density at radius 1 is 1.11 bits per heavy atom. The second-order valence-electron chi connectivity index (χ2n) is 7.68. The molecule has 7 nitrogen and oxygen atoms in total. The Hall–Kier alpha value is -2.83. The van der Waals surface area contributed by atoms with Gasteiger partial charge in [-0.3, -0.25) is 13.9 Å². The maximum Gasteiger partial charge on any atom is 0.332 e. The first kappa shape index (κ1) is 18.5. The third-order valence-electron chi connectivity index (χ3n) is 5.63. The van der Waals surface area contributed by atoms with Crippen LogP contribution in [0.25, 0.3) is 11.2 Å². The Morgan fingerprint density at radius 2 is 1.89 bits per heavy atom. The molecule has 0 saturated heterocycles. The number of nitrogens with zero attached hydrogens (tertiary/aromatic N) is 5. The molecule has 1 aliphatic rings. The van der Waals surface area contributed by atoms with Gasteiger partial charge in [0.05, 0.1) is 0 Å². The van der Waals surface area contributed by atoms with Crippen molar-refractivity contribution in [3.05, 3.63) is 50.2 Å². The monoisotopic (exact) mass is 381 g/mol. The van der Waals surface area contributed by atoms with Gasteiger partial charge in [-0.15, -0.1) is 0 Å². The number of imidazole rings is 1. The van der Waals surface area contributed by atoms with Gasteiger partial charge in [-0.1, -0.05) is 37.5 Å². The topological polar surface area (TPSA) is 65.1 Å². The lowest BCUT2D eigenvalue weighted by Crippen LogP contribution is -2.39. The third-order valence-corrected chi connectivity index (χ3v) is 5.63. The number of aromatic nitrogens is 4. The van der Waals surface area contributed by atoms with Gasteiger partial charge in [0.25, 0.3) is 5.56 Å². The molecule has 3 heterocycles. The minimum atomic E-state index is -0.288. The average molecular weight is 381 g/mol. The van der Waals surface area contributed by atoms with Gasteiger partial charge in [0.15, 0.2) is 11.2 Å². The fourth-order valence-electron chi connectivity index (χ4n) is 4.13. The van der Waals surface area contributed by atoms with E-state index in [2.05, 4.69) is 43.9 Å². The van der Waals surface area contributed by atoms with Crippen LogP contribution in [0.4, 0.5) is 11.6 Å². The average Bonchev–Trinajstić information content (AvgIpc) is 3.22. The molecule has 7 heteroatoms. The molecule has 0 N–H and O–H groups in total. The van der Waals surface area contributed by atoms with Crippen LogP contribution in [-0.4, -0.2) is 25.2 Å². The van der Waals surface area contributed by atoms with Crippen molar-refractivity contribution in [3.63, 3.8) is 0 Å². The van der Waals surface area contributed by atoms with Crippen molar-refractivity contribution in [1.82, 2.24) is 18.7 Å². The summed E-state index contributed by atoms with van der Waals surface area (Å²) in [5, 5.41) is 0. The number of anilines is 2. The van der Waals surface area contributed by atoms with Crippen molar-refractivity contribution in [2.24, 2.45) is 7.05 Å². The van der Waals surface area contributed by atoms with Crippen LogP contribution in [-0.2, 0) is 20.1 Å². The summed E-state index contributed by atoms with van der Waals surface area (Å²) in [6.45, 7) is 8.17. The lowest BCUT2D eigenvalue weighted by atomic mass is 10.1. The maximum atomic E-state index is 13.1. The fraction of sp³-hybridized carbons (Fsp3) is 0.476. The largest absolute Gasteiger partial charge is 0.332 e. The Bertz CT molecular complexity index is 1170. The molecule has 0 spiro atoms. The maximum absolute atomic E-state index is 13.1. The van der Waals surface area contributed by atoms with Crippen molar-refractivity contribution in [3.8, 4) is 0 Å². The van der Waals surface area contributed by atoms with Crippen molar-refractivity contribution in [1.29, 1.82) is 0 Å². The molecule has 4 rings (SSSR count). The van der Waals surface area contributed by atoms with Gasteiger partial charge in [0, 0.05) is 32.4 Å². The van der Waals surface area contributed by atoms with E-state index in [0.29, 0.717) is 24.3 Å². The minimum Gasteiger partial charge on any atom is -0.310 e. The standard InChI is InChI=1S/C21H27N5O2/c1-5-6-7-10-26-19(27)17-18(23(4)21(26)28)22-20-24(11-12-25(17)20)16-9-8-14(2)13-15(16)3/h8-9,13H,5-7,10-12H2,1-4H3. The van der Waals surface area contributed by atoms with Crippen LogP contribution in [0.2, 0.25) is 0 Å². The Kier molecular flexibility index (Phi) is 4.61. The van der Waals surface area contributed by atoms with Gasteiger partial charge in [-0.05, 0) is 31.9 Å². The van der Waals surface area contributed by atoms with Crippen LogP contribution < -0.4 is 16.1 Å². The Morgan fingerprint density at radius 3 is 2.61 bits per heavy atom. The lowest BCUT2D eigenvalue weighted by Gasteiger charge is -2.19. The summed E-state index contributed by atoms with van der Waals surface area (Å²) in [6.07, 6.45) is 2.87. The highest BCUT2D eigenvalue weighted by molar-refractivity contribution is 5.78. The van der Waals surface area contributed by atoms with E-state index in [1.54, 1.807) is 7.05 Å². The van der Waals surface area contributed by atoms with E-state index >= 15 is 0 Å². The van der Waals surface area contributed by atoms with Crippen LogP contribution in [0.15, 0.2) is 27.8 Å². The first-order valence-electron chi connectivity index (χ1n) is 9.99. The van der Waals surface area contributed by atoms with Gasteiger partial charge < -0.3 is 9.47 Å². The molecule has 0 unspecified atom stereocenters. The summed E-state index contributed by atoms with van der Waals surface area (Å²) in [6, 6.07) is 6.34. The third kappa shape index (κ3) is 2.77. The van der Waals surface area contributed by atoms with Crippen molar-refractivity contribution in [2.75, 3.05) is 11.4 Å². The van der Waals surface area contributed by atoms with Crippen LogP contribution in [0.5, 0.6) is 0 Å². The Labute approximate surface area is 163 Å². The smallest absolute Gasteiger partial charge is 0.310 e. The molecule has 0 radical (unpaired) electrons. The van der Waals surface area contributed by atoms with Crippen LogP contribution in [0, 0.1) is 13.8 Å². The molecule has 0 aliphatic carbocycles. The SMILES string of the molecule is CCCCCn1c(=O)c2c(nc3n2CCN3c2ccc(C)cc2C)n(C)c1=O. The summed E-state index contributed by atoms with van der Waals surface area (Å²) in [4.78, 5) is 32.7. The predicted octanol–water partition coefficient (Wildman–Crippen LogP) is 2.86. The zero-order valence-corrected chi connectivity index (χ0v) is 17.0. The first-order chi connectivity index (χ1) is 13.4. The molecule has 1 aromatic carbocycles. The molecular weight excluding hydrogens is 354 g/mol. The van der Waals surface area contributed by atoms with E-state index in [9.17, 15) is 9.59 Å². The van der Waals surface area contributed by atoms with Crippen molar-refractivity contribution >= 4 is 22.8 Å². The van der Waals surface area contributed by atoms with Crippen molar-refractivity contribution < 1.29 is 0 Å². The zero-order valence-electron chi connectivity index (χ0n) is 17.0.